The van der Waals surface area contributed by atoms with Gasteiger partial charge in [0.15, 0.2) is 0 Å². The second-order valence-corrected chi connectivity index (χ2v) is 10.7. The first-order chi connectivity index (χ1) is 19.7. The molecule has 0 aliphatic rings. The Bertz CT molecular complexity index is 1990. The predicted molar refractivity (Wildman–Crippen MR) is 208 cm³/mol. The van der Waals surface area contributed by atoms with Gasteiger partial charge in [0.05, 0.1) is 0 Å². The summed E-state index contributed by atoms with van der Waals surface area (Å²) in [6.45, 7) is 4.32. The van der Waals surface area contributed by atoms with Crippen LogP contribution in [0.2, 0.25) is 0 Å². The van der Waals surface area contributed by atoms with E-state index in [-0.39, 0.29) is 76.8 Å². The van der Waals surface area contributed by atoms with Crippen LogP contribution < -0.4 is 0 Å². The summed E-state index contributed by atoms with van der Waals surface area (Å²) < 4.78 is 0. The van der Waals surface area contributed by atoms with Crippen LogP contribution in [-0.4, -0.2) is 11.0 Å². The van der Waals surface area contributed by atoms with Crippen molar-refractivity contribution < 1.29 is 26.2 Å². The maximum atomic E-state index is 2.28. The van der Waals surface area contributed by atoms with Gasteiger partial charge in [-0.05, 0) is 32.7 Å². The van der Waals surface area contributed by atoms with Crippen molar-refractivity contribution in [2.24, 2.45) is 0 Å². The topological polar surface area (TPSA) is 0 Å². The summed E-state index contributed by atoms with van der Waals surface area (Å²) in [5.74, 6) is 0. The third kappa shape index (κ3) is 7.81. The minimum atomic E-state index is 0. The van der Waals surface area contributed by atoms with Gasteiger partial charge >= 0.3 is 26.2 Å². The molecule has 228 valence electrons. The van der Waals surface area contributed by atoms with Gasteiger partial charge in [0, 0.05) is 11.0 Å². The molecule has 0 saturated carbocycles. The predicted octanol–water partition coefficient (Wildman–Crippen LogP) is 12.7. The molecule has 8 aromatic rings. The molecule has 8 rings (SSSR count). The Hall–Kier alpha value is -3.26. The van der Waals surface area contributed by atoms with E-state index in [2.05, 4.69) is 159 Å². The summed E-state index contributed by atoms with van der Waals surface area (Å²) in [6.07, 6.45) is 0. The maximum absolute atomic E-state index is 2.28. The number of aryl methyl sites for hydroxylation is 2. The smallest absolute Gasteiger partial charge is 0.358 e. The van der Waals surface area contributed by atoms with Crippen LogP contribution in [0.5, 0.6) is 0 Å². The number of hydrogen-bond acceptors (Lipinski definition) is 0. The number of halogens is 2. The summed E-state index contributed by atoms with van der Waals surface area (Å²) in [4.78, 5) is 0. The zero-order chi connectivity index (χ0) is 27.1. The molecule has 0 aliphatic carbocycles. The van der Waals surface area contributed by atoms with E-state index in [0.717, 1.165) is 0 Å². The normalized spacial score (nSPS) is 9.78. The van der Waals surface area contributed by atoms with Gasteiger partial charge in [-0.3, -0.25) is 0 Å². The molecule has 0 amide bonds. The van der Waals surface area contributed by atoms with Crippen molar-refractivity contribution in [2.45, 2.75) is 13.8 Å². The van der Waals surface area contributed by atoms with E-state index in [0.29, 0.717) is 0 Å². The summed E-state index contributed by atoms with van der Waals surface area (Å²) in [5.41, 5.74) is 7.94. The van der Waals surface area contributed by atoms with Gasteiger partial charge < -0.3 is 14.9 Å². The molecular formula is C42H38Cl2SiZr. The zero-order valence-corrected chi connectivity index (χ0v) is 31.8. The van der Waals surface area contributed by atoms with Gasteiger partial charge in [-0.2, -0.15) is 12.1 Å². The van der Waals surface area contributed by atoms with Crippen molar-refractivity contribution in [3.05, 3.63) is 172 Å². The fourth-order valence-electron chi connectivity index (χ4n) is 6.16. The molecule has 0 spiro atoms. The monoisotopic (exact) mass is 730 g/mol. The average Bonchev–Trinajstić information content (AvgIpc) is 3.57. The number of fused-ring (bicyclic) bond motifs is 4. The first kappa shape index (κ1) is 40.8. The van der Waals surface area contributed by atoms with Crippen LogP contribution in [0, 0.1) is 28.7 Å². The Morgan fingerprint density at radius 1 is 0.391 bits per heavy atom. The molecule has 0 aliphatic heterocycles. The number of benzene rings is 6. The van der Waals surface area contributed by atoms with Crippen molar-refractivity contribution in [3.63, 3.8) is 0 Å². The van der Waals surface area contributed by atoms with Crippen molar-refractivity contribution in [2.75, 3.05) is 0 Å². The van der Waals surface area contributed by atoms with Gasteiger partial charge in [-0.1, -0.05) is 122 Å². The van der Waals surface area contributed by atoms with Crippen molar-refractivity contribution in [1.29, 1.82) is 0 Å². The molecule has 0 heterocycles. The molecule has 8 aromatic carbocycles. The van der Waals surface area contributed by atoms with Crippen molar-refractivity contribution in [1.82, 2.24) is 0 Å². The third-order valence-electron chi connectivity index (χ3n) is 7.95. The molecule has 4 heteroatoms. The van der Waals surface area contributed by atoms with Gasteiger partial charge in [0.1, 0.15) is 0 Å². The van der Waals surface area contributed by atoms with Crippen LogP contribution in [-0.2, 0) is 26.2 Å². The minimum absolute atomic E-state index is 0. The molecule has 0 N–H and O–H groups in total. The van der Waals surface area contributed by atoms with Gasteiger partial charge in [-0.25, -0.2) is 0 Å². The Morgan fingerprint density at radius 3 is 1.09 bits per heavy atom. The van der Waals surface area contributed by atoms with Crippen molar-refractivity contribution >= 4 is 78.9 Å². The fraction of sp³-hybridized carbons (Fsp3) is 0.0476. The van der Waals surface area contributed by atoms with Crippen molar-refractivity contribution in [3.8, 4) is 22.3 Å². The Morgan fingerprint density at radius 2 is 0.696 bits per heavy atom. The van der Waals surface area contributed by atoms with Gasteiger partial charge in [0.2, 0.25) is 0 Å². The van der Waals surface area contributed by atoms with Crippen LogP contribution in [0.15, 0.2) is 146 Å². The Kier molecular flexibility index (Phi) is 15.6. The minimum Gasteiger partial charge on any atom is -0.358 e. The molecule has 0 atom stereocenters. The molecule has 0 unspecified atom stereocenters. The van der Waals surface area contributed by atoms with E-state index >= 15 is 0 Å². The molecular weight excluding hydrogens is 695 g/mol. The number of hydrogen-bond donors (Lipinski definition) is 0. The molecule has 0 saturated heterocycles. The van der Waals surface area contributed by atoms with E-state index in [4.69, 9.17) is 0 Å². The molecule has 0 bridgehead atoms. The van der Waals surface area contributed by atoms with E-state index in [9.17, 15) is 0 Å². The molecule has 4 radical (unpaired) electrons. The van der Waals surface area contributed by atoms with Crippen LogP contribution in [0.1, 0.15) is 11.1 Å². The zero-order valence-electron chi connectivity index (χ0n) is 26.7. The first-order valence-electron chi connectivity index (χ1n) is 13.9. The third-order valence-corrected chi connectivity index (χ3v) is 7.95. The van der Waals surface area contributed by atoms with Crippen LogP contribution in [0.4, 0.5) is 0 Å². The Balaban J connectivity index is 0.000000407. The second-order valence-electron chi connectivity index (χ2n) is 10.7. The van der Waals surface area contributed by atoms with Crippen LogP contribution in [0.3, 0.4) is 0 Å². The SMILES string of the molecule is Cc1cc2c(-c3cccc4ccccc34)cccc2[cH-]1.Cc1cc2c(-c3cccc4ccccc34)cccc2[cH-]1.Cl.Cl.[CH3-].[CH3-].[Si].[Zr+4]. The summed E-state index contributed by atoms with van der Waals surface area (Å²) >= 11 is 0. The maximum Gasteiger partial charge on any atom is 4.00 e. The quantitative estimate of drug-likeness (QED) is 0.123. The van der Waals surface area contributed by atoms with Gasteiger partial charge in [0.25, 0.3) is 0 Å². The van der Waals surface area contributed by atoms with Crippen LogP contribution in [0.25, 0.3) is 65.3 Å². The average molecular weight is 733 g/mol. The molecule has 0 nitrogen and oxygen atoms in total. The molecule has 46 heavy (non-hydrogen) atoms. The Labute approximate surface area is 310 Å². The first-order valence-corrected chi connectivity index (χ1v) is 13.9. The van der Waals surface area contributed by atoms with E-state index in [1.54, 1.807) is 0 Å². The summed E-state index contributed by atoms with van der Waals surface area (Å²) in [6, 6.07) is 52.5. The summed E-state index contributed by atoms with van der Waals surface area (Å²) in [7, 11) is 0. The van der Waals surface area contributed by atoms with E-state index in [1.165, 1.54) is 76.5 Å². The second kappa shape index (κ2) is 17.6. The summed E-state index contributed by atoms with van der Waals surface area (Å²) in [5, 5.41) is 10.6. The molecule has 0 aromatic heterocycles. The fourth-order valence-corrected chi connectivity index (χ4v) is 6.16. The standard InChI is InChI=1S/2C20H15.2CH3.2ClH.Si.Zr/c2*1-14-12-16-8-5-11-19(20(16)13-14)18-10-4-7-15-6-2-3-9-17(15)18;;;;;;/h2*2-13H,1H3;2*1H3;2*1H;;/q4*-1;;;;+4. The largest absolute Gasteiger partial charge is 4.00 e. The number of rotatable bonds is 2. The van der Waals surface area contributed by atoms with E-state index < -0.39 is 0 Å². The van der Waals surface area contributed by atoms with E-state index in [1.807, 2.05) is 0 Å². The molecule has 0 fully saturated rings. The van der Waals surface area contributed by atoms with Crippen LogP contribution >= 0.6 is 24.8 Å². The van der Waals surface area contributed by atoms with Gasteiger partial charge in [-0.15, -0.1) is 93.9 Å².